The zero-order chi connectivity index (χ0) is 22.9. The van der Waals surface area contributed by atoms with Gasteiger partial charge in [0.2, 0.25) is 0 Å². The van der Waals surface area contributed by atoms with Crippen LogP contribution in [-0.4, -0.2) is 94.4 Å². The third-order valence-corrected chi connectivity index (χ3v) is 7.01. The van der Waals surface area contributed by atoms with Gasteiger partial charge in [-0.3, -0.25) is 0 Å². The van der Waals surface area contributed by atoms with Crippen molar-refractivity contribution in [3.8, 4) is 0 Å². The van der Waals surface area contributed by atoms with Gasteiger partial charge in [-0.05, 0) is 31.6 Å². The molecular formula is C21H40N2O8. The zero-order valence-electron chi connectivity index (χ0n) is 18.6. The number of hydrogen-bond donors (Lipinski definition) is 6. The van der Waals surface area contributed by atoms with E-state index in [1.54, 1.807) is 0 Å². The lowest BCUT2D eigenvalue weighted by atomic mass is 9.80. The fourth-order valence-corrected chi connectivity index (χ4v) is 4.85. The van der Waals surface area contributed by atoms with Crippen LogP contribution in [0.25, 0.3) is 0 Å². The quantitative estimate of drug-likeness (QED) is 0.290. The van der Waals surface area contributed by atoms with E-state index >= 15 is 0 Å². The fraction of sp³-hybridized carbons (Fsp3) is 1.00. The molecule has 2 aliphatic heterocycles. The molecule has 10 heteroatoms. The summed E-state index contributed by atoms with van der Waals surface area (Å²) in [4.78, 5) is 0. The molecule has 1 saturated carbocycles. The van der Waals surface area contributed by atoms with Crippen LogP contribution in [0.5, 0.6) is 0 Å². The molecule has 182 valence electrons. The van der Waals surface area contributed by atoms with E-state index in [1.807, 2.05) is 6.92 Å². The molecule has 3 rings (SSSR count). The molecule has 13 atom stereocenters. The fourth-order valence-electron chi connectivity index (χ4n) is 4.85. The van der Waals surface area contributed by atoms with Gasteiger partial charge in [0.1, 0.15) is 30.5 Å². The first kappa shape index (κ1) is 25.2. The van der Waals surface area contributed by atoms with Crippen molar-refractivity contribution in [3.05, 3.63) is 0 Å². The maximum Gasteiger partial charge on any atom is 0.186 e. The Morgan fingerprint density at radius 3 is 2.19 bits per heavy atom. The first-order valence-corrected chi connectivity index (χ1v) is 11.5. The normalized spacial score (nSPS) is 51.6. The molecule has 2 heterocycles. The lowest BCUT2D eigenvalue weighted by Gasteiger charge is -2.47. The van der Waals surface area contributed by atoms with Crippen molar-refractivity contribution in [1.29, 1.82) is 0 Å². The van der Waals surface area contributed by atoms with Gasteiger partial charge in [0.05, 0.1) is 24.9 Å². The van der Waals surface area contributed by atoms with Crippen LogP contribution in [0.1, 0.15) is 46.5 Å². The topological polar surface area (TPSA) is 170 Å². The molecule has 10 nitrogen and oxygen atoms in total. The third-order valence-electron chi connectivity index (χ3n) is 7.01. The minimum atomic E-state index is -1.34. The SMILES string of the molecule is CC[C@@H]1CC[C@@H](C)[C@@H](OC2[C@@H](C)C[C@@H](N)[C@H](O[C@H]3O[C@H](CO)[C@@H](O)[C@H](N)[C@H]3O)[C@H]2O)O1. The maximum atomic E-state index is 11.1. The van der Waals surface area contributed by atoms with Crippen molar-refractivity contribution < 1.29 is 39.4 Å². The Balaban J connectivity index is 1.69. The van der Waals surface area contributed by atoms with Crippen molar-refractivity contribution >= 4 is 0 Å². The summed E-state index contributed by atoms with van der Waals surface area (Å²) in [6, 6.07) is -1.59. The monoisotopic (exact) mass is 448 g/mol. The van der Waals surface area contributed by atoms with Gasteiger partial charge in [-0.1, -0.05) is 20.8 Å². The van der Waals surface area contributed by atoms with Gasteiger partial charge in [-0.15, -0.1) is 0 Å². The number of hydrogen-bond acceptors (Lipinski definition) is 10. The highest BCUT2D eigenvalue weighted by Gasteiger charge is 2.49. The Hall–Kier alpha value is -0.400. The average molecular weight is 449 g/mol. The number of ether oxygens (including phenoxy) is 4. The van der Waals surface area contributed by atoms with Crippen LogP contribution in [0.3, 0.4) is 0 Å². The van der Waals surface area contributed by atoms with Crippen molar-refractivity contribution in [2.75, 3.05) is 6.61 Å². The molecule has 8 N–H and O–H groups in total. The van der Waals surface area contributed by atoms with Crippen LogP contribution >= 0.6 is 0 Å². The standard InChI is InChI=1S/C21H40N2O8/c1-4-11-6-5-9(2)20(28-11)30-18-10(3)7-12(22)19(17(18)27)31-21-16(26)14(23)15(25)13(8-24)29-21/h9-21,24-27H,4-8,22-23H2,1-3H3/t9-,10+,11-,12-,13-,14+,15-,16-,17+,18?,19+,20-,21-/m1/s1. The molecular weight excluding hydrogens is 408 g/mol. The van der Waals surface area contributed by atoms with Gasteiger partial charge < -0.3 is 50.8 Å². The highest BCUT2D eigenvalue weighted by atomic mass is 16.7. The predicted molar refractivity (Wildman–Crippen MR) is 111 cm³/mol. The van der Waals surface area contributed by atoms with Gasteiger partial charge in [-0.25, -0.2) is 0 Å². The van der Waals surface area contributed by atoms with Crippen molar-refractivity contribution in [2.45, 2.75) is 114 Å². The Morgan fingerprint density at radius 1 is 0.871 bits per heavy atom. The van der Waals surface area contributed by atoms with E-state index in [-0.39, 0.29) is 17.9 Å². The zero-order valence-corrected chi connectivity index (χ0v) is 18.6. The summed E-state index contributed by atoms with van der Waals surface area (Å²) in [6.45, 7) is 5.63. The molecule has 0 aromatic carbocycles. The molecule has 0 amide bonds. The minimum Gasteiger partial charge on any atom is -0.394 e. The number of rotatable bonds is 6. The highest BCUT2D eigenvalue weighted by molar-refractivity contribution is 4.98. The van der Waals surface area contributed by atoms with E-state index < -0.39 is 67.9 Å². The molecule has 0 bridgehead atoms. The molecule has 3 aliphatic rings. The van der Waals surface area contributed by atoms with Gasteiger partial charge in [0.25, 0.3) is 0 Å². The van der Waals surface area contributed by atoms with E-state index in [1.165, 1.54) is 0 Å². The molecule has 1 aliphatic carbocycles. The van der Waals surface area contributed by atoms with Crippen LogP contribution in [-0.2, 0) is 18.9 Å². The van der Waals surface area contributed by atoms with Crippen LogP contribution in [0.2, 0.25) is 0 Å². The van der Waals surface area contributed by atoms with E-state index in [4.69, 9.17) is 30.4 Å². The number of aliphatic hydroxyl groups excluding tert-OH is 4. The molecule has 1 unspecified atom stereocenters. The summed E-state index contributed by atoms with van der Waals surface area (Å²) >= 11 is 0. The summed E-state index contributed by atoms with van der Waals surface area (Å²) in [5.74, 6) is 0.166. The average Bonchev–Trinajstić information content (AvgIpc) is 2.75. The van der Waals surface area contributed by atoms with Crippen molar-refractivity contribution in [1.82, 2.24) is 0 Å². The van der Waals surface area contributed by atoms with Crippen LogP contribution in [0, 0.1) is 11.8 Å². The summed E-state index contributed by atoms with van der Waals surface area (Å²) < 4.78 is 23.7. The molecule has 0 aromatic rings. The Morgan fingerprint density at radius 2 is 1.55 bits per heavy atom. The maximum absolute atomic E-state index is 11.1. The molecule has 3 fully saturated rings. The second-order valence-corrected chi connectivity index (χ2v) is 9.44. The molecule has 0 aromatic heterocycles. The van der Waals surface area contributed by atoms with Crippen molar-refractivity contribution in [3.63, 3.8) is 0 Å². The summed E-state index contributed by atoms with van der Waals surface area (Å²) in [5, 5.41) is 41.0. The number of aliphatic hydroxyl groups is 4. The predicted octanol–water partition coefficient (Wildman–Crippen LogP) is -1.20. The van der Waals surface area contributed by atoms with Crippen LogP contribution < -0.4 is 11.5 Å². The highest BCUT2D eigenvalue weighted by Crippen LogP contribution is 2.35. The number of nitrogens with two attached hydrogens (primary N) is 2. The first-order valence-electron chi connectivity index (χ1n) is 11.5. The molecule has 0 radical (unpaired) electrons. The van der Waals surface area contributed by atoms with E-state index in [2.05, 4.69) is 13.8 Å². The summed E-state index contributed by atoms with van der Waals surface area (Å²) in [5.41, 5.74) is 12.1. The Bertz CT molecular complexity index is 569. The Kier molecular flexibility index (Phi) is 8.70. The second-order valence-electron chi connectivity index (χ2n) is 9.44. The summed E-state index contributed by atoms with van der Waals surface area (Å²) in [6.07, 6.45) is -4.23. The van der Waals surface area contributed by atoms with E-state index in [0.717, 1.165) is 19.3 Å². The second kappa shape index (κ2) is 10.7. The third kappa shape index (κ3) is 5.40. The van der Waals surface area contributed by atoms with Gasteiger partial charge in [-0.2, -0.15) is 0 Å². The molecule has 31 heavy (non-hydrogen) atoms. The lowest BCUT2D eigenvalue weighted by Crippen LogP contribution is -2.66. The molecule has 0 spiro atoms. The van der Waals surface area contributed by atoms with E-state index in [0.29, 0.717) is 6.42 Å². The van der Waals surface area contributed by atoms with E-state index in [9.17, 15) is 20.4 Å². The van der Waals surface area contributed by atoms with Crippen LogP contribution in [0.15, 0.2) is 0 Å². The molecule has 2 saturated heterocycles. The first-order chi connectivity index (χ1) is 14.7. The minimum absolute atomic E-state index is 0.0332. The van der Waals surface area contributed by atoms with Gasteiger partial charge >= 0.3 is 0 Å². The Labute approximate surface area is 183 Å². The van der Waals surface area contributed by atoms with Crippen molar-refractivity contribution in [2.24, 2.45) is 23.3 Å². The van der Waals surface area contributed by atoms with Crippen LogP contribution in [0.4, 0.5) is 0 Å². The van der Waals surface area contributed by atoms with Gasteiger partial charge in [0.15, 0.2) is 12.6 Å². The smallest absolute Gasteiger partial charge is 0.186 e. The largest absolute Gasteiger partial charge is 0.394 e. The summed E-state index contributed by atoms with van der Waals surface area (Å²) in [7, 11) is 0. The van der Waals surface area contributed by atoms with Gasteiger partial charge in [0, 0.05) is 12.0 Å². The lowest BCUT2D eigenvalue weighted by molar-refractivity contribution is -0.317.